The van der Waals surface area contributed by atoms with Crippen LogP contribution in [-0.4, -0.2) is 24.0 Å². The second-order valence-corrected chi connectivity index (χ2v) is 7.96. The summed E-state index contributed by atoms with van der Waals surface area (Å²) in [5.41, 5.74) is 4.15. The average molecular weight is 403 g/mol. The third kappa shape index (κ3) is 4.98. The van der Waals surface area contributed by atoms with Gasteiger partial charge >= 0.3 is 0 Å². The highest BCUT2D eigenvalue weighted by atomic mass is 32.2. The Hall–Kier alpha value is -2.21. The van der Waals surface area contributed by atoms with Crippen molar-refractivity contribution in [1.29, 1.82) is 0 Å². The first-order chi connectivity index (χ1) is 13.4. The van der Waals surface area contributed by atoms with Crippen molar-refractivity contribution in [2.75, 3.05) is 23.4 Å². The van der Waals surface area contributed by atoms with Gasteiger partial charge in [-0.15, -0.1) is 0 Å². The van der Waals surface area contributed by atoms with Crippen molar-refractivity contribution in [3.63, 3.8) is 0 Å². The quantitative estimate of drug-likeness (QED) is 0.382. The fourth-order valence-corrected chi connectivity index (χ4v) is 3.68. The number of anilines is 1. The molecule has 1 aromatic heterocycles. The lowest BCUT2D eigenvalue weighted by Gasteiger charge is -2.18. The van der Waals surface area contributed by atoms with E-state index in [-0.39, 0.29) is 5.91 Å². The lowest BCUT2D eigenvalue weighted by atomic mass is 10.0. The molecule has 0 saturated heterocycles. The van der Waals surface area contributed by atoms with E-state index in [0.717, 1.165) is 45.9 Å². The van der Waals surface area contributed by atoms with E-state index in [9.17, 15) is 10.0 Å². The minimum atomic E-state index is -0.309. The van der Waals surface area contributed by atoms with Crippen LogP contribution in [0.3, 0.4) is 0 Å². The lowest BCUT2D eigenvalue weighted by Crippen LogP contribution is -2.37. The molecule has 5 nitrogen and oxygen atoms in total. The van der Waals surface area contributed by atoms with Crippen molar-refractivity contribution in [2.24, 2.45) is 0 Å². The highest BCUT2D eigenvalue weighted by Gasteiger charge is 2.25. The first-order valence-electron chi connectivity index (χ1n) is 9.80. The van der Waals surface area contributed by atoms with Crippen molar-refractivity contribution in [1.82, 2.24) is 0 Å². The van der Waals surface area contributed by atoms with E-state index in [1.807, 2.05) is 18.2 Å². The molecule has 2 aromatic rings. The van der Waals surface area contributed by atoms with Gasteiger partial charge in [0, 0.05) is 31.4 Å². The van der Waals surface area contributed by atoms with Crippen molar-refractivity contribution in [3.05, 3.63) is 57.6 Å². The molecule has 0 aliphatic rings. The normalized spacial score (nSPS) is 10.8. The summed E-state index contributed by atoms with van der Waals surface area (Å²) in [6, 6.07) is 7.70. The fraction of sp³-hybridized carbons (Fsp3) is 0.455. The van der Waals surface area contributed by atoms with Crippen LogP contribution >= 0.6 is 11.8 Å². The number of carbonyl (C=O) groups is 1. The molecule has 0 radical (unpaired) electrons. The largest absolute Gasteiger partial charge is 0.618 e. The first kappa shape index (κ1) is 22.1. The molecule has 1 N–H and O–H groups in total. The minimum Gasteiger partial charge on any atom is -0.618 e. The van der Waals surface area contributed by atoms with Crippen LogP contribution in [0.1, 0.15) is 53.6 Å². The Labute approximate surface area is 172 Å². The number of ether oxygens (including phenoxy) is 1. The van der Waals surface area contributed by atoms with Crippen LogP contribution in [0.25, 0.3) is 0 Å². The number of para-hydroxylation sites is 1. The van der Waals surface area contributed by atoms with Crippen molar-refractivity contribution in [3.8, 4) is 5.75 Å². The van der Waals surface area contributed by atoms with Crippen LogP contribution in [0, 0.1) is 19.1 Å². The van der Waals surface area contributed by atoms with E-state index < -0.39 is 0 Å². The number of aromatic nitrogens is 1. The van der Waals surface area contributed by atoms with E-state index >= 15 is 0 Å². The molecule has 28 heavy (non-hydrogen) atoms. The molecule has 6 heteroatoms. The molecule has 0 unspecified atom stereocenters. The lowest BCUT2D eigenvalue weighted by molar-refractivity contribution is -0.619. The number of nitrogens with one attached hydrogen (secondary N) is 1. The molecule has 2 rings (SSSR count). The van der Waals surface area contributed by atoms with Gasteiger partial charge in [-0.2, -0.15) is 16.5 Å². The molecular formula is C22H30N2O3S. The predicted molar refractivity (Wildman–Crippen MR) is 117 cm³/mol. The summed E-state index contributed by atoms with van der Waals surface area (Å²) in [4.78, 5) is 13.2. The molecule has 0 atom stereocenters. The maximum Gasteiger partial charge on any atom is 0.265 e. The number of benzene rings is 1. The van der Waals surface area contributed by atoms with Gasteiger partial charge in [0.05, 0.1) is 6.61 Å². The second kappa shape index (κ2) is 10.4. The standard InChI is InChI=1S/C22H30N2O3S/c1-6-17-10-9-11-18(7-2)21(17)23-22(25)20-16(5)24(26)15(4)14-19(20)27-12-13-28-8-3/h9-11,14H,6-8,12-13H2,1-5H3,(H,23,25). The van der Waals surface area contributed by atoms with Crippen LogP contribution in [0.2, 0.25) is 0 Å². The molecule has 0 saturated carbocycles. The maximum atomic E-state index is 13.2. The van der Waals surface area contributed by atoms with Crippen molar-refractivity contribution >= 4 is 23.4 Å². The summed E-state index contributed by atoms with van der Waals surface area (Å²) < 4.78 is 6.68. The van der Waals surface area contributed by atoms with E-state index in [2.05, 4.69) is 26.1 Å². The molecule has 0 spiro atoms. The number of amides is 1. The molecule has 152 valence electrons. The fourth-order valence-electron chi connectivity index (χ4n) is 3.19. The number of thioether (sulfide) groups is 1. The summed E-state index contributed by atoms with van der Waals surface area (Å²) in [6.45, 7) is 10.1. The number of carbonyl (C=O) groups excluding carboxylic acids is 1. The minimum absolute atomic E-state index is 0.301. The summed E-state index contributed by atoms with van der Waals surface area (Å²) in [5.74, 6) is 2.00. The van der Waals surface area contributed by atoms with Gasteiger partial charge in [-0.25, -0.2) is 0 Å². The number of nitrogens with zero attached hydrogens (tertiary/aromatic N) is 1. The predicted octanol–water partition coefficient (Wildman–Crippen LogP) is 4.45. The van der Waals surface area contributed by atoms with Gasteiger partial charge in [0.2, 0.25) is 5.69 Å². The van der Waals surface area contributed by atoms with Crippen LogP contribution in [-0.2, 0) is 12.8 Å². The van der Waals surface area contributed by atoms with Crippen molar-refractivity contribution < 1.29 is 14.3 Å². The number of aryl methyl sites for hydroxylation is 3. The molecule has 1 aromatic carbocycles. The summed E-state index contributed by atoms with van der Waals surface area (Å²) in [6.07, 6.45) is 1.63. The van der Waals surface area contributed by atoms with Crippen LogP contribution in [0.15, 0.2) is 24.3 Å². The van der Waals surface area contributed by atoms with Gasteiger partial charge in [-0.3, -0.25) is 4.79 Å². The summed E-state index contributed by atoms with van der Waals surface area (Å²) in [7, 11) is 0. The summed E-state index contributed by atoms with van der Waals surface area (Å²) in [5, 5.41) is 15.4. The van der Waals surface area contributed by atoms with Crippen molar-refractivity contribution in [2.45, 2.75) is 47.5 Å². The number of hydrogen-bond acceptors (Lipinski definition) is 4. The molecule has 0 bridgehead atoms. The topological polar surface area (TPSA) is 65.3 Å². The zero-order chi connectivity index (χ0) is 20.7. The average Bonchev–Trinajstić information content (AvgIpc) is 2.69. The monoisotopic (exact) mass is 402 g/mol. The molecule has 0 fully saturated rings. The van der Waals surface area contributed by atoms with Gasteiger partial charge in [0.25, 0.3) is 5.91 Å². The van der Waals surface area contributed by atoms with Gasteiger partial charge < -0.3 is 15.3 Å². The number of pyridine rings is 1. The SMILES string of the molecule is CCSCCOc1cc(C)[n+]([O-])c(C)c1C(=O)Nc1c(CC)cccc1CC. The first-order valence-corrected chi connectivity index (χ1v) is 11.0. The smallest absolute Gasteiger partial charge is 0.265 e. The Balaban J connectivity index is 2.40. The van der Waals surface area contributed by atoms with Gasteiger partial charge in [0.15, 0.2) is 5.69 Å². The molecule has 1 amide bonds. The van der Waals surface area contributed by atoms with E-state index in [0.29, 0.717) is 29.3 Å². The van der Waals surface area contributed by atoms with E-state index in [1.165, 1.54) is 0 Å². The second-order valence-electron chi connectivity index (χ2n) is 6.56. The summed E-state index contributed by atoms with van der Waals surface area (Å²) >= 11 is 1.77. The Morgan fingerprint density at radius 2 is 1.82 bits per heavy atom. The number of rotatable bonds is 9. The maximum absolute atomic E-state index is 13.2. The van der Waals surface area contributed by atoms with Gasteiger partial charge in [-0.05, 0) is 29.7 Å². The van der Waals surface area contributed by atoms with Gasteiger partial charge in [-0.1, -0.05) is 39.0 Å². The zero-order valence-electron chi connectivity index (χ0n) is 17.4. The Kier molecular flexibility index (Phi) is 8.18. The van der Waals surface area contributed by atoms with E-state index in [4.69, 9.17) is 4.74 Å². The van der Waals surface area contributed by atoms with E-state index in [1.54, 1.807) is 31.7 Å². The Morgan fingerprint density at radius 1 is 1.18 bits per heavy atom. The molecule has 0 aliphatic heterocycles. The van der Waals surface area contributed by atoms with Gasteiger partial charge in [0.1, 0.15) is 11.3 Å². The van der Waals surface area contributed by atoms with Crippen LogP contribution in [0.5, 0.6) is 5.75 Å². The Bertz CT molecular complexity index is 815. The molecule has 1 heterocycles. The number of hydrogen-bond donors (Lipinski definition) is 1. The Morgan fingerprint density at radius 3 is 2.39 bits per heavy atom. The third-order valence-corrected chi connectivity index (χ3v) is 5.59. The molecular weight excluding hydrogens is 372 g/mol. The highest BCUT2D eigenvalue weighted by molar-refractivity contribution is 7.99. The molecule has 0 aliphatic carbocycles. The van der Waals surface area contributed by atoms with Crippen LogP contribution < -0.4 is 14.8 Å². The third-order valence-electron chi connectivity index (χ3n) is 4.73. The highest BCUT2D eigenvalue weighted by Crippen LogP contribution is 2.27. The zero-order valence-corrected chi connectivity index (χ0v) is 18.2. The van der Waals surface area contributed by atoms with Crippen LogP contribution in [0.4, 0.5) is 5.69 Å².